The molecule has 4 aliphatic rings. The molecule has 140 valence electrons. The first-order valence-corrected chi connectivity index (χ1v) is 10.3. The summed E-state index contributed by atoms with van der Waals surface area (Å²) in [5.74, 6) is 0. The van der Waals surface area contributed by atoms with E-state index in [1.807, 2.05) is 0 Å². The molecule has 0 aromatic heterocycles. The highest BCUT2D eigenvalue weighted by Crippen LogP contribution is 2.39. The number of benzene rings is 2. The van der Waals surface area contributed by atoms with Crippen molar-refractivity contribution in [1.82, 2.24) is 10.6 Å². The molecule has 2 aromatic carbocycles. The molecule has 0 saturated carbocycles. The fourth-order valence-electron chi connectivity index (χ4n) is 5.59. The van der Waals surface area contributed by atoms with Crippen molar-refractivity contribution in [2.24, 2.45) is 0 Å². The highest BCUT2D eigenvalue weighted by atomic mass is 16.5. The normalized spacial score (nSPS) is 30.4. The predicted molar refractivity (Wildman–Crippen MR) is 107 cm³/mol. The average Bonchev–Trinajstić information content (AvgIpc) is 3.38. The molecule has 4 nitrogen and oxygen atoms in total. The van der Waals surface area contributed by atoms with Crippen LogP contribution in [0.1, 0.15) is 34.7 Å². The summed E-state index contributed by atoms with van der Waals surface area (Å²) >= 11 is 0. The van der Waals surface area contributed by atoms with Crippen molar-refractivity contribution in [2.45, 2.75) is 42.8 Å². The molecule has 2 fully saturated rings. The summed E-state index contributed by atoms with van der Waals surface area (Å²) in [4.78, 5) is 0. The summed E-state index contributed by atoms with van der Waals surface area (Å²) in [5.41, 5.74) is 7.53. The Kier molecular flexibility index (Phi) is 3.46. The zero-order valence-corrected chi connectivity index (χ0v) is 15.7. The molecule has 2 saturated heterocycles. The molecule has 3 N–H and O–H groups in total. The number of hydrogen-bond donors (Lipinski definition) is 3. The zero-order valence-electron chi connectivity index (χ0n) is 15.7. The van der Waals surface area contributed by atoms with Crippen LogP contribution in [-0.2, 0) is 24.0 Å². The van der Waals surface area contributed by atoms with Gasteiger partial charge in [-0.15, -0.1) is 0 Å². The van der Waals surface area contributed by atoms with Crippen LogP contribution in [0.5, 0.6) is 0 Å². The van der Waals surface area contributed by atoms with Gasteiger partial charge in [0.25, 0.3) is 0 Å². The van der Waals surface area contributed by atoms with Crippen molar-refractivity contribution in [2.75, 3.05) is 31.6 Å². The number of piperazine rings is 1. The Balaban J connectivity index is 1.17. The number of hydrogen-bond acceptors (Lipinski definition) is 4. The van der Waals surface area contributed by atoms with Gasteiger partial charge >= 0.3 is 0 Å². The highest BCUT2D eigenvalue weighted by Gasteiger charge is 2.42. The number of ether oxygens (including phenoxy) is 1. The minimum atomic E-state index is 0.152. The monoisotopic (exact) mass is 361 g/mol. The van der Waals surface area contributed by atoms with Gasteiger partial charge in [-0.1, -0.05) is 36.4 Å². The molecule has 0 amide bonds. The first-order chi connectivity index (χ1) is 13.2. The fourth-order valence-corrected chi connectivity index (χ4v) is 5.59. The lowest BCUT2D eigenvalue weighted by molar-refractivity contribution is 0.183. The molecule has 2 aromatic rings. The van der Waals surface area contributed by atoms with Gasteiger partial charge in [0.2, 0.25) is 0 Å². The van der Waals surface area contributed by atoms with Crippen molar-refractivity contribution in [1.29, 1.82) is 0 Å². The Hall–Kier alpha value is -1.88. The second-order valence-corrected chi connectivity index (χ2v) is 9.02. The van der Waals surface area contributed by atoms with Crippen LogP contribution >= 0.6 is 0 Å². The summed E-state index contributed by atoms with van der Waals surface area (Å²) < 4.78 is 5.66. The molecule has 6 rings (SSSR count). The van der Waals surface area contributed by atoms with Crippen molar-refractivity contribution in [3.8, 4) is 0 Å². The van der Waals surface area contributed by atoms with Gasteiger partial charge in [0.05, 0.1) is 12.1 Å². The summed E-state index contributed by atoms with van der Waals surface area (Å²) in [7, 11) is 0. The number of rotatable bonds is 1. The standard InChI is InChI=1S/C23H27N3O/c1-2-4-18-11-23(10-17(18)3-1)14-24-21(13-25-23)16-5-6-20-19(9-16)12-22(26-20)7-8-27-15-22/h1-6,9,21,24-26H,7-8,10-15H2. The molecular weight excluding hydrogens is 334 g/mol. The van der Waals surface area contributed by atoms with Crippen LogP contribution in [0.3, 0.4) is 0 Å². The molecule has 0 radical (unpaired) electrons. The van der Waals surface area contributed by atoms with Gasteiger partial charge in [0, 0.05) is 37.0 Å². The number of nitrogens with one attached hydrogen (secondary N) is 3. The van der Waals surface area contributed by atoms with Gasteiger partial charge < -0.3 is 20.7 Å². The SMILES string of the molecule is c1ccc2c(c1)CC1(CNC(c3ccc4c(c3)CC3(CCOC3)N4)CN1)C2. The Morgan fingerprint density at radius 3 is 2.44 bits per heavy atom. The van der Waals surface area contributed by atoms with E-state index in [1.54, 1.807) is 0 Å². The number of fused-ring (bicyclic) bond motifs is 2. The highest BCUT2D eigenvalue weighted by molar-refractivity contribution is 5.60. The fraction of sp³-hybridized carbons (Fsp3) is 0.478. The van der Waals surface area contributed by atoms with E-state index < -0.39 is 0 Å². The minimum Gasteiger partial charge on any atom is -0.379 e. The maximum Gasteiger partial charge on any atom is 0.0700 e. The molecule has 3 aliphatic heterocycles. The molecule has 2 atom stereocenters. The summed E-state index contributed by atoms with van der Waals surface area (Å²) in [6.07, 6.45) is 4.48. The van der Waals surface area contributed by atoms with Crippen LogP contribution in [0.15, 0.2) is 42.5 Å². The Labute approximate surface area is 160 Å². The summed E-state index contributed by atoms with van der Waals surface area (Å²) in [6, 6.07) is 16.3. The van der Waals surface area contributed by atoms with Crippen LogP contribution in [0.25, 0.3) is 0 Å². The zero-order chi connectivity index (χ0) is 17.9. The van der Waals surface area contributed by atoms with Gasteiger partial charge in [-0.25, -0.2) is 0 Å². The van der Waals surface area contributed by atoms with E-state index in [4.69, 9.17) is 4.74 Å². The third-order valence-electron chi connectivity index (χ3n) is 7.11. The molecule has 2 unspecified atom stereocenters. The van der Waals surface area contributed by atoms with Crippen LogP contribution in [0.4, 0.5) is 5.69 Å². The second-order valence-electron chi connectivity index (χ2n) is 9.02. The van der Waals surface area contributed by atoms with E-state index in [0.717, 1.165) is 52.0 Å². The Morgan fingerprint density at radius 2 is 1.74 bits per heavy atom. The van der Waals surface area contributed by atoms with E-state index in [1.165, 1.54) is 27.9 Å². The Morgan fingerprint density at radius 1 is 0.926 bits per heavy atom. The van der Waals surface area contributed by atoms with Crippen LogP contribution < -0.4 is 16.0 Å². The minimum absolute atomic E-state index is 0.152. The van der Waals surface area contributed by atoms with Crippen LogP contribution in [0.2, 0.25) is 0 Å². The summed E-state index contributed by atoms with van der Waals surface area (Å²) in [5, 5.41) is 11.5. The second kappa shape index (κ2) is 5.81. The lowest BCUT2D eigenvalue weighted by atomic mass is 9.89. The van der Waals surface area contributed by atoms with Gasteiger partial charge in [0.15, 0.2) is 0 Å². The van der Waals surface area contributed by atoms with Crippen molar-refractivity contribution < 1.29 is 4.74 Å². The molecule has 1 aliphatic carbocycles. The number of anilines is 1. The average molecular weight is 361 g/mol. The van der Waals surface area contributed by atoms with Crippen molar-refractivity contribution >= 4 is 5.69 Å². The first-order valence-electron chi connectivity index (χ1n) is 10.3. The molecule has 0 bridgehead atoms. The van der Waals surface area contributed by atoms with Crippen molar-refractivity contribution in [3.63, 3.8) is 0 Å². The van der Waals surface area contributed by atoms with Gasteiger partial charge in [-0.3, -0.25) is 0 Å². The van der Waals surface area contributed by atoms with Crippen LogP contribution in [-0.4, -0.2) is 37.4 Å². The van der Waals surface area contributed by atoms with E-state index >= 15 is 0 Å². The largest absolute Gasteiger partial charge is 0.379 e. The maximum atomic E-state index is 5.66. The molecule has 4 heteroatoms. The molecule has 27 heavy (non-hydrogen) atoms. The molecular formula is C23H27N3O. The topological polar surface area (TPSA) is 45.3 Å². The van der Waals surface area contributed by atoms with Gasteiger partial charge in [-0.05, 0) is 54.0 Å². The third kappa shape index (κ3) is 2.62. The molecule has 2 spiro atoms. The lowest BCUT2D eigenvalue weighted by Crippen LogP contribution is -2.60. The van der Waals surface area contributed by atoms with Crippen molar-refractivity contribution in [3.05, 3.63) is 64.7 Å². The van der Waals surface area contributed by atoms with E-state index in [0.29, 0.717) is 6.04 Å². The van der Waals surface area contributed by atoms with E-state index in [-0.39, 0.29) is 11.1 Å². The molecule has 3 heterocycles. The Bertz CT molecular complexity index is 852. The first kappa shape index (κ1) is 16.1. The van der Waals surface area contributed by atoms with E-state index in [9.17, 15) is 0 Å². The van der Waals surface area contributed by atoms with Gasteiger partial charge in [-0.2, -0.15) is 0 Å². The van der Waals surface area contributed by atoms with Gasteiger partial charge in [0.1, 0.15) is 0 Å². The smallest absolute Gasteiger partial charge is 0.0700 e. The third-order valence-corrected chi connectivity index (χ3v) is 7.11. The quantitative estimate of drug-likeness (QED) is 0.731. The maximum absolute atomic E-state index is 5.66. The summed E-state index contributed by atoms with van der Waals surface area (Å²) in [6.45, 7) is 3.74. The lowest BCUT2D eigenvalue weighted by Gasteiger charge is -2.39. The van der Waals surface area contributed by atoms with E-state index in [2.05, 4.69) is 58.4 Å². The predicted octanol–water partition coefficient (Wildman–Crippen LogP) is 2.59. The van der Waals surface area contributed by atoms with Crippen LogP contribution in [0, 0.1) is 0 Å².